The summed E-state index contributed by atoms with van der Waals surface area (Å²) in [5.41, 5.74) is 12.5. The van der Waals surface area contributed by atoms with Crippen molar-refractivity contribution in [2.75, 3.05) is 0 Å². The van der Waals surface area contributed by atoms with E-state index in [1.54, 1.807) is 0 Å². The van der Waals surface area contributed by atoms with E-state index in [9.17, 15) is 4.79 Å². The standard InChI is InChI=1S/C27H24N2O/c1-15-13-17(3)28-25(15)24(26-16(2)14-18(4)29-26)23-19-9-5-7-11-21(19)27(30)22-12-8-6-10-20(22)23/h5-14,28-29H,1-4H3. The molecule has 2 aromatic heterocycles. The molecular formula is C27H24N2O. The summed E-state index contributed by atoms with van der Waals surface area (Å²) in [5, 5.41) is 0. The van der Waals surface area contributed by atoms with Crippen LogP contribution in [-0.2, 0) is 0 Å². The molecule has 0 saturated carbocycles. The third-order valence-electron chi connectivity index (χ3n) is 5.93. The summed E-state index contributed by atoms with van der Waals surface area (Å²) in [6.45, 7) is 8.43. The summed E-state index contributed by atoms with van der Waals surface area (Å²) in [7, 11) is 0. The summed E-state index contributed by atoms with van der Waals surface area (Å²) >= 11 is 0. The van der Waals surface area contributed by atoms with E-state index in [4.69, 9.17) is 0 Å². The van der Waals surface area contributed by atoms with Gasteiger partial charge in [-0.25, -0.2) is 0 Å². The Morgan fingerprint density at radius 1 is 0.633 bits per heavy atom. The molecule has 0 spiro atoms. The summed E-state index contributed by atoms with van der Waals surface area (Å²) in [4.78, 5) is 20.4. The van der Waals surface area contributed by atoms with E-state index in [1.807, 2.05) is 36.4 Å². The highest BCUT2D eigenvalue weighted by atomic mass is 16.1. The van der Waals surface area contributed by atoms with E-state index >= 15 is 0 Å². The van der Waals surface area contributed by atoms with Crippen molar-refractivity contribution in [3.05, 3.63) is 117 Å². The molecule has 2 N–H and O–H groups in total. The Bertz CT molecular complexity index is 1250. The van der Waals surface area contributed by atoms with E-state index < -0.39 is 0 Å². The van der Waals surface area contributed by atoms with Crippen molar-refractivity contribution in [3.8, 4) is 0 Å². The van der Waals surface area contributed by atoms with Crippen LogP contribution < -0.4 is 0 Å². The van der Waals surface area contributed by atoms with Gasteiger partial charge in [-0.2, -0.15) is 0 Å². The Kier molecular flexibility index (Phi) is 4.14. The summed E-state index contributed by atoms with van der Waals surface area (Å²) in [5.74, 6) is 0.0862. The van der Waals surface area contributed by atoms with Gasteiger partial charge in [-0.15, -0.1) is 0 Å². The second-order valence-electron chi connectivity index (χ2n) is 8.19. The topological polar surface area (TPSA) is 48.6 Å². The van der Waals surface area contributed by atoms with Crippen LogP contribution in [0.4, 0.5) is 0 Å². The number of carbonyl (C=O) groups is 1. The van der Waals surface area contributed by atoms with Crippen molar-refractivity contribution in [2.45, 2.75) is 27.7 Å². The molecule has 0 aliphatic heterocycles. The number of H-pyrrole nitrogens is 2. The van der Waals surface area contributed by atoms with Crippen molar-refractivity contribution in [3.63, 3.8) is 0 Å². The first-order valence-electron chi connectivity index (χ1n) is 10.3. The van der Waals surface area contributed by atoms with E-state index in [1.165, 1.54) is 11.1 Å². The van der Waals surface area contributed by atoms with Gasteiger partial charge in [0.2, 0.25) is 0 Å². The molecule has 30 heavy (non-hydrogen) atoms. The molecule has 0 amide bonds. The molecule has 3 nitrogen and oxygen atoms in total. The fourth-order valence-electron chi connectivity index (χ4n) is 4.71. The monoisotopic (exact) mass is 392 g/mol. The normalized spacial score (nSPS) is 12.7. The fraction of sp³-hybridized carbons (Fsp3) is 0.148. The molecule has 4 aromatic rings. The maximum Gasteiger partial charge on any atom is 0.194 e. The third kappa shape index (κ3) is 2.70. The number of hydrogen-bond donors (Lipinski definition) is 2. The second kappa shape index (κ2) is 6.74. The lowest BCUT2D eigenvalue weighted by Gasteiger charge is -2.25. The molecule has 5 rings (SSSR count). The molecule has 1 aliphatic carbocycles. The van der Waals surface area contributed by atoms with Crippen LogP contribution in [0.1, 0.15) is 61.0 Å². The third-order valence-corrected chi connectivity index (χ3v) is 5.93. The molecule has 0 bridgehead atoms. The molecule has 0 atom stereocenters. The first kappa shape index (κ1) is 18.4. The maximum absolute atomic E-state index is 13.3. The molecule has 0 fully saturated rings. The lowest BCUT2D eigenvalue weighted by molar-refractivity contribution is 0.103. The first-order chi connectivity index (χ1) is 14.5. The van der Waals surface area contributed by atoms with Gasteiger partial charge in [-0.05, 0) is 62.1 Å². The minimum atomic E-state index is 0.0862. The minimum Gasteiger partial charge on any atom is -0.358 e. The van der Waals surface area contributed by atoms with Gasteiger partial charge in [0.05, 0.1) is 11.4 Å². The average molecular weight is 393 g/mol. The van der Waals surface area contributed by atoms with Crippen molar-refractivity contribution < 1.29 is 4.79 Å². The second-order valence-corrected chi connectivity index (χ2v) is 8.19. The minimum absolute atomic E-state index is 0.0862. The summed E-state index contributed by atoms with van der Waals surface area (Å²) in [6.07, 6.45) is 0. The molecule has 2 aromatic carbocycles. The number of nitrogens with one attached hydrogen (secondary N) is 2. The van der Waals surface area contributed by atoms with Crippen molar-refractivity contribution in [2.24, 2.45) is 0 Å². The van der Waals surface area contributed by atoms with Crippen molar-refractivity contribution in [1.29, 1.82) is 0 Å². The van der Waals surface area contributed by atoms with Gasteiger partial charge in [0.25, 0.3) is 0 Å². The number of rotatable bonds is 2. The molecule has 2 heterocycles. The highest BCUT2D eigenvalue weighted by Gasteiger charge is 2.31. The van der Waals surface area contributed by atoms with Crippen LogP contribution in [0, 0.1) is 27.7 Å². The van der Waals surface area contributed by atoms with Crippen LogP contribution in [0.25, 0.3) is 11.1 Å². The smallest absolute Gasteiger partial charge is 0.194 e. The number of aryl methyl sites for hydroxylation is 4. The van der Waals surface area contributed by atoms with Crippen molar-refractivity contribution in [1.82, 2.24) is 9.97 Å². The molecule has 0 radical (unpaired) electrons. The number of benzene rings is 2. The highest BCUT2D eigenvalue weighted by Crippen LogP contribution is 2.43. The van der Waals surface area contributed by atoms with E-state index in [0.717, 1.165) is 56.2 Å². The Labute approximate surface area is 176 Å². The summed E-state index contributed by atoms with van der Waals surface area (Å²) < 4.78 is 0. The lowest BCUT2D eigenvalue weighted by atomic mass is 9.77. The Morgan fingerprint density at radius 3 is 1.40 bits per heavy atom. The van der Waals surface area contributed by atoms with Gasteiger partial charge in [-0.1, -0.05) is 48.5 Å². The average Bonchev–Trinajstić information content (AvgIpc) is 3.24. The zero-order chi connectivity index (χ0) is 21.0. The van der Waals surface area contributed by atoms with Gasteiger partial charge >= 0.3 is 0 Å². The molecule has 1 aliphatic rings. The number of hydrogen-bond acceptors (Lipinski definition) is 1. The fourth-order valence-corrected chi connectivity index (χ4v) is 4.71. The molecular weight excluding hydrogens is 368 g/mol. The molecule has 0 saturated heterocycles. The van der Waals surface area contributed by atoms with Gasteiger partial charge in [0.15, 0.2) is 5.78 Å². The van der Waals surface area contributed by atoms with Crippen LogP contribution in [0.5, 0.6) is 0 Å². The Morgan fingerprint density at radius 2 is 1.03 bits per heavy atom. The zero-order valence-corrected chi connectivity index (χ0v) is 17.7. The quantitative estimate of drug-likeness (QED) is 0.373. The molecule has 3 heteroatoms. The maximum atomic E-state index is 13.3. The predicted molar refractivity (Wildman–Crippen MR) is 122 cm³/mol. The zero-order valence-electron chi connectivity index (χ0n) is 17.7. The van der Waals surface area contributed by atoms with Crippen LogP contribution in [0.2, 0.25) is 0 Å². The van der Waals surface area contributed by atoms with Crippen LogP contribution in [0.15, 0.2) is 60.7 Å². The van der Waals surface area contributed by atoms with E-state index in [0.29, 0.717) is 0 Å². The van der Waals surface area contributed by atoms with Gasteiger partial charge < -0.3 is 9.97 Å². The van der Waals surface area contributed by atoms with Gasteiger partial charge in [0, 0.05) is 33.7 Å². The Balaban J connectivity index is 1.99. The number of ketones is 1. The van der Waals surface area contributed by atoms with Gasteiger partial charge in [-0.3, -0.25) is 4.79 Å². The van der Waals surface area contributed by atoms with Crippen molar-refractivity contribution >= 4 is 16.9 Å². The first-order valence-corrected chi connectivity index (χ1v) is 10.3. The summed E-state index contributed by atoms with van der Waals surface area (Å²) in [6, 6.07) is 20.2. The van der Waals surface area contributed by atoms with Gasteiger partial charge in [0.1, 0.15) is 0 Å². The predicted octanol–water partition coefficient (Wildman–Crippen LogP) is 6.13. The van der Waals surface area contributed by atoms with E-state index in [-0.39, 0.29) is 5.78 Å². The van der Waals surface area contributed by atoms with E-state index in [2.05, 4.69) is 61.9 Å². The lowest BCUT2D eigenvalue weighted by Crippen LogP contribution is -2.16. The molecule has 148 valence electrons. The SMILES string of the molecule is Cc1cc(C)c(C(=C2c3ccccc3C(=O)c3ccccc32)c2[nH]c(C)cc2C)[nH]1. The number of fused-ring (bicyclic) bond motifs is 2. The van der Waals surface area contributed by atoms with Crippen LogP contribution in [0.3, 0.4) is 0 Å². The van der Waals surface area contributed by atoms with Crippen LogP contribution in [-0.4, -0.2) is 15.8 Å². The number of aromatic amines is 2. The molecule has 0 unspecified atom stereocenters. The number of aromatic nitrogens is 2. The largest absolute Gasteiger partial charge is 0.358 e. The van der Waals surface area contributed by atoms with Crippen LogP contribution >= 0.6 is 0 Å². The Hall–Kier alpha value is -3.59. The highest BCUT2D eigenvalue weighted by molar-refractivity contribution is 6.22. The number of carbonyl (C=O) groups excluding carboxylic acids is 1.